The summed E-state index contributed by atoms with van der Waals surface area (Å²) in [5, 5.41) is 11.1. The van der Waals surface area contributed by atoms with Crippen molar-refractivity contribution >= 4 is 8.07 Å². The second kappa shape index (κ2) is 2.10. The molecule has 0 aromatic heterocycles. The van der Waals surface area contributed by atoms with Gasteiger partial charge in [-0.05, 0) is 6.92 Å². The minimum atomic E-state index is -1.41. The Kier molecular flexibility index (Phi) is 1.53. The van der Waals surface area contributed by atoms with Gasteiger partial charge in [0.2, 0.25) is 0 Å². The monoisotopic (exact) mass is 149 g/mol. The second-order valence-electron chi connectivity index (χ2n) is 3.17. The molecule has 10 heavy (non-hydrogen) atoms. The van der Waals surface area contributed by atoms with Gasteiger partial charge >= 0.3 is 0 Å². The van der Waals surface area contributed by atoms with Crippen LogP contribution in [0, 0.1) is 11.3 Å². The number of nitrogens with zero attached hydrogens (tertiary/aromatic N) is 1. The molecule has 2 heteroatoms. The quantitative estimate of drug-likeness (QED) is 0.484. The second-order valence-corrected chi connectivity index (χ2v) is 7.74. The molecule has 0 fully saturated rings. The summed E-state index contributed by atoms with van der Waals surface area (Å²) in [6, 6.07) is 2.26. The number of rotatable bonds is 0. The number of hydrogen-bond donors (Lipinski definition) is 0. The normalized spacial score (nSPS) is 21.4. The molecule has 1 aliphatic heterocycles. The smallest absolute Gasteiger partial charge is 0.120 e. The predicted octanol–water partition coefficient (Wildman–Crippen LogP) is 2.18. The molecule has 0 saturated carbocycles. The van der Waals surface area contributed by atoms with E-state index in [1.807, 2.05) is 6.08 Å². The van der Waals surface area contributed by atoms with Crippen molar-refractivity contribution < 1.29 is 0 Å². The first-order valence-electron chi connectivity index (χ1n) is 3.38. The van der Waals surface area contributed by atoms with Crippen molar-refractivity contribution in [2.75, 3.05) is 0 Å². The van der Waals surface area contributed by atoms with Gasteiger partial charge in [0.1, 0.15) is 8.07 Å². The van der Waals surface area contributed by atoms with E-state index in [1.165, 1.54) is 5.20 Å². The van der Waals surface area contributed by atoms with Gasteiger partial charge in [0.15, 0.2) is 0 Å². The number of nitriles is 1. The van der Waals surface area contributed by atoms with E-state index < -0.39 is 8.07 Å². The molecule has 0 aromatic rings. The van der Waals surface area contributed by atoms with E-state index in [0.717, 1.165) is 5.20 Å². The van der Waals surface area contributed by atoms with Gasteiger partial charge in [-0.25, -0.2) is 0 Å². The molecule has 0 amide bonds. The van der Waals surface area contributed by atoms with Crippen LogP contribution in [0.5, 0.6) is 0 Å². The highest BCUT2D eigenvalue weighted by atomic mass is 28.3. The van der Waals surface area contributed by atoms with E-state index in [1.54, 1.807) is 0 Å². The molecular formula is C8H11NSi. The average Bonchev–Trinajstić information content (AvgIpc) is 2.10. The molecule has 0 saturated heterocycles. The fourth-order valence-corrected chi connectivity index (χ4v) is 2.72. The Morgan fingerprint density at radius 1 is 1.40 bits per heavy atom. The summed E-state index contributed by atoms with van der Waals surface area (Å²) in [6.45, 7) is 6.54. The molecule has 1 heterocycles. The maximum atomic E-state index is 8.70. The summed E-state index contributed by atoms with van der Waals surface area (Å²) in [7, 11) is -1.41. The molecule has 1 aliphatic rings. The van der Waals surface area contributed by atoms with Crippen molar-refractivity contribution in [3.8, 4) is 6.07 Å². The Hall–Kier alpha value is -0.813. The predicted molar refractivity (Wildman–Crippen MR) is 44.9 cm³/mol. The summed E-state index contributed by atoms with van der Waals surface area (Å²) in [5.41, 5.74) is 0. The standard InChI is InChI=1S/C8H11NSi/c1-7-4-5-8(6-9)10(7,2)3/h4-5H,1-3H3. The lowest BCUT2D eigenvalue weighted by molar-refractivity contribution is 1.50. The third-order valence-corrected chi connectivity index (χ3v) is 6.04. The molecule has 52 valence electrons. The minimum absolute atomic E-state index is 1.00. The SMILES string of the molecule is CC1=CC=C(C#N)[Si]1(C)C. The Balaban J connectivity index is 3.03. The number of allylic oxidation sites excluding steroid dienone is 4. The van der Waals surface area contributed by atoms with Gasteiger partial charge in [-0.1, -0.05) is 30.4 Å². The van der Waals surface area contributed by atoms with Gasteiger partial charge in [-0.2, -0.15) is 5.26 Å². The summed E-state index contributed by atoms with van der Waals surface area (Å²) in [5.74, 6) is 0. The Morgan fingerprint density at radius 2 is 2.00 bits per heavy atom. The van der Waals surface area contributed by atoms with Gasteiger partial charge in [-0.15, -0.1) is 0 Å². The molecule has 0 spiro atoms. The van der Waals surface area contributed by atoms with Crippen LogP contribution in [0.25, 0.3) is 0 Å². The first-order valence-corrected chi connectivity index (χ1v) is 6.38. The molecule has 1 nitrogen and oxygen atoms in total. The topological polar surface area (TPSA) is 23.8 Å². The minimum Gasteiger partial charge on any atom is -0.193 e. The van der Waals surface area contributed by atoms with E-state index in [4.69, 9.17) is 5.26 Å². The van der Waals surface area contributed by atoms with Crippen LogP contribution >= 0.6 is 0 Å². The lowest BCUT2D eigenvalue weighted by Crippen LogP contribution is -2.27. The molecule has 0 aromatic carbocycles. The van der Waals surface area contributed by atoms with Crippen molar-refractivity contribution in [2.24, 2.45) is 0 Å². The highest BCUT2D eigenvalue weighted by Crippen LogP contribution is 2.27. The van der Waals surface area contributed by atoms with Crippen molar-refractivity contribution in [3.05, 3.63) is 22.5 Å². The van der Waals surface area contributed by atoms with Gasteiger partial charge < -0.3 is 0 Å². The lowest BCUT2D eigenvalue weighted by atomic mass is 10.5. The van der Waals surface area contributed by atoms with E-state index in [0.29, 0.717) is 0 Å². The van der Waals surface area contributed by atoms with Crippen LogP contribution in [0.4, 0.5) is 0 Å². The van der Waals surface area contributed by atoms with E-state index in [9.17, 15) is 0 Å². The third kappa shape index (κ3) is 0.832. The number of hydrogen-bond acceptors (Lipinski definition) is 1. The van der Waals surface area contributed by atoms with Crippen LogP contribution in [0.15, 0.2) is 22.5 Å². The van der Waals surface area contributed by atoms with Gasteiger partial charge in [0.25, 0.3) is 0 Å². The van der Waals surface area contributed by atoms with Gasteiger partial charge in [-0.3, -0.25) is 0 Å². The van der Waals surface area contributed by atoms with Crippen LogP contribution < -0.4 is 0 Å². The molecule has 0 unspecified atom stereocenters. The van der Waals surface area contributed by atoms with Crippen molar-refractivity contribution in [3.63, 3.8) is 0 Å². The Morgan fingerprint density at radius 3 is 2.20 bits per heavy atom. The zero-order chi connectivity index (χ0) is 7.78. The van der Waals surface area contributed by atoms with Crippen LogP contribution in [-0.2, 0) is 0 Å². The zero-order valence-electron chi connectivity index (χ0n) is 6.60. The molecule has 0 atom stereocenters. The average molecular weight is 149 g/mol. The molecular weight excluding hydrogens is 138 g/mol. The van der Waals surface area contributed by atoms with E-state index >= 15 is 0 Å². The molecule has 0 bridgehead atoms. The molecule has 0 radical (unpaired) electrons. The van der Waals surface area contributed by atoms with Crippen LogP contribution in [0.2, 0.25) is 13.1 Å². The van der Waals surface area contributed by atoms with Crippen LogP contribution in [0.3, 0.4) is 0 Å². The Labute approximate surface area is 62.7 Å². The molecule has 0 aliphatic carbocycles. The third-order valence-electron chi connectivity index (χ3n) is 2.28. The lowest BCUT2D eigenvalue weighted by Gasteiger charge is -2.16. The van der Waals surface area contributed by atoms with Crippen LogP contribution in [0.1, 0.15) is 6.92 Å². The van der Waals surface area contributed by atoms with Crippen molar-refractivity contribution in [2.45, 2.75) is 20.0 Å². The first kappa shape index (κ1) is 7.30. The summed E-state index contributed by atoms with van der Waals surface area (Å²) < 4.78 is 0. The first-order chi connectivity index (χ1) is 4.59. The van der Waals surface area contributed by atoms with Crippen LogP contribution in [-0.4, -0.2) is 8.07 Å². The Bertz CT molecular complexity index is 253. The summed E-state index contributed by atoms with van der Waals surface area (Å²) in [6.07, 6.45) is 4.03. The van der Waals surface area contributed by atoms with Crippen molar-refractivity contribution in [1.82, 2.24) is 0 Å². The summed E-state index contributed by atoms with van der Waals surface area (Å²) in [4.78, 5) is 0. The summed E-state index contributed by atoms with van der Waals surface area (Å²) >= 11 is 0. The maximum absolute atomic E-state index is 8.70. The van der Waals surface area contributed by atoms with Crippen molar-refractivity contribution in [1.29, 1.82) is 5.26 Å². The molecule has 0 N–H and O–H groups in total. The highest BCUT2D eigenvalue weighted by molar-refractivity contribution is 6.92. The highest BCUT2D eigenvalue weighted by Gasteiger charge is 2.30. The fourth-order valence-electron chi connectivity index (χ4n) is 1.01. The molecule has 1 rings (SSSR count). The van der Waals surface area contributed by atoms with E-state index in [-0.39, 0.29) is 0 Å². The van der Waals surface area contributed by atoms with E-state index in [2.05, 4.69) is 32.2 Å². The van der Waals surface area contributed by atoms with Gasteiger partial charge in [0.05, 0.1) is 6.07 Å². The largest absolute Gasteiger partial charge is 0.193 e. The zero-order valence-corrected chi connectivity index (χ0v) is 7.60. The van der Waals surface area contributed by atoms with Gasteiger partial charge in [0, 0.05) is 5.20 Å². The maximum Gasteiger partial charge on any atom is 0.120 e. The fraction of sp³-hybridized carbons (Fsp3) is 0.375.